The van der Waals surface area contributed by atoms with Crippen molar-refractivity contribution in [3.63, 3.8) is 0 Å². The van der Waals surface area contributed by atoms with Crippen LogP contribution in [-0.4, -0.2) is 26.1 Å². The van der Waals surface area contributed by atoms with Gasteiger partial charge in [0.05, 0.1) is 13.2 Å². The summed E-state index contributed by atoms with van der Waals surface area (Å²) in [5.74, 6) is -0.640. The van der Waals surface area contributed by atoms with Gasteiger partial charge in [-0.25, -0.2) is 4.39 Å². The standard InChI is InChI=1S/C11H15FN2O2/c1-7(13)11(15)14(2)8-4-5-10(16-3)9(12)6-8/h4-7H,13H2,1-3H3/t7-/m1/s1. The van der Waals surface area contributed by atoms with Crippen molar-refractivity contribution < 1.29 is 13.9 Å². The highest BCUT2D eigenvalue weighted by molar-refractivity contribution is 5.96. The van der Waals surface area contributed by atoms with E-state index in [1.54, 1.807) is 20.0 Å². The fourth-order valence-electron chi connectivity index (χ4n) is 1.30. The molecule has 0 saturated carbocycles. The van der Waals surface area contributed by atoms with Gasteiger partial charge in [-0.05, 0) is 19.1 Å². The van der Waals surface area contributed by atoms with Crippen LogP contribution in [0.3, 0.4) is 0 Å². The molecule has 1 atom stereocenters. The maximum absolute atomic E-state index is 13.4. The summed E-state index contributed by atoms with van der Waals surface area (Å²) >= 11 is 0. The molecule has 1 amide bonds. The normalized spacial score (nSPS) is 12.1. The molecule has 4 nitrogen and oxygen atoms in total. The van der Waals surface area contributed by atoms with Gasteiger partial charge in [-0.1, -0.05) is 0 Å². The third-order valence-electron chi connectivity index (χ3n) is 2.24. The van der Waals surface area contributed by atoms with Crippen molar-refractivity contribution in [3.05, 3.63) is 24.0 Å². The van der Waals surface area contributed by atoms with Gasteiger partial charge < -0.3 is 15.4 Å². The van der Waals surface area contributed by atoms with Crippen LogP contribution >= 0.6 is 0 Å². The Bertz CT molecular complexity index is 394. The van der Waals surface area contributed by atoms with Crippen molar-refractivity contribution in [2.45, 2.75) is 13.0 Å². The number of amides is 1. The van der Waals surface area contributed by atoms with Crippen LogP contribution < -0.4 is 15.4 Å². The van der Waals surface area contributed by atoms with E-state index in [1.807, 2.05) is 0 Å². The first-order chi connectivity index (χ1) is 7.47. The number of ether oxygens (including phenoxy) is 1. The average Bonchev–Trinajstić information content (AvgIpc) is 2.26. The Labute approximate surface area is 93.8 Å². The molecule has 0 radical (unpaired) electrons. The van der Waals surface area contributed by atoms with E-state index in [9.17, 15) is 9.18 Å². The highest BCUT2D eigenvalue weighted by Crippen LogP contribution is 2.22. The van der Waals surface area contributed by atoms with Gasteiger partial charge in [-0.15, -0.1) is 0 Å². The van der Waals surface area contributed by atoms with Crippen molar-refractivity contribution in [2.75, 3.05) is 19.1 Å². The summed E-state index contributed by atoms with van der Waals surface area (Å²) in [7, 11) is 2.93. The first-order valence-corrected chi connectivity index (χ1v) is 4.84. The predicted octanol–water partition coefficient (Wildman–Crippen LogP) is 1.14. The molecule has 1 aromatic carbocycles. The summed E-state index contributed by atoms with van der Waals surface area (Å²) in [5.41, 5.74) is 5.90. The second-order valence-electron chi connectivity index (χ2n) is 3.50. The first kappa shape index (κ1) is 12.4. The molecule has 1 rings (SSSR count). The van der Waals surface area contributed by atoms with Crippen LogP contribution in [-0.2, 0) is 4.79 Å². The van der Waals surface area contributed by atoms with E-state index in [1.165, 1.54) is 24.1 Å². The summed E-state index contributed by atoms with van der Waals surface area (Å²) in [5, 5.41) is 0. The molecule has 0 aromatic heterocycles. The molecule has 0 aliphatic heterocycles. The summed E-state index contributed by atoms with van der Waals surface area (Å²) in [6, 6.07) is 3.69. The van der Waals surface area contributed by atoms with Gasteiger partial charge in [0.15, 0.2) is 11.6 Å². The Morgan fingerprint density at radius 3 is 2.62 bits per heavy atom. The van der Waals surface area contributed by atoms with Gasteiger partial charge in [0, 0.05) is 18.8 Å². The van der Waals surface area contributed by atoms with E-state index in [4.69, 9.17) is 10.5 Å². The number of anilines is 1. The molecule has 0 unspecified atom stereocenters. The molecule has 0 aliphatic carbocycles. The number of nitrogens with zero attached hydrogens (tertiary/aromatic N) is 1. The lowest BCUT2D eigenvalue weighted by Crippen LogP contribution is -2.39. The Kier molecular flexibility index (Phi) is 3.84. The number of benzene rings is 1. The van der Waals surface area contributed by atoms with Crippen LogP contribution in [0.5, 0.6) is 5.75 Å². The topological polar surface area (TPSA) is 55.6 Å². The van der Waals surface area contributed by atoms with Crippen molar-refractivity contribution >= 4 is 11.6 Å². The van der Waals surface area contributed by atoms with Crippen LogP contribution in [0.25, 0.3) is 0 Å². The monoisotopic (exact) mass is 226 g/mol. The minimum Gasteiger partial charge on any atom is -0.494 e. The molecular formula is C11H15FN2O2. The smallest absolute Gasteiger partial charge is 0.243 e. The Balaban J connectivity index is 2.97. The molecule has 1 aromatic rings. The number of rotatable bonds is 3. The van der Waals surface area contributed by atoms with E-state index in [0.29, 0.717) is 5.69 Å². The van der Waals surface area contributed by atoms with Gasteiger partial charge in [0.1, 0.15) is 0 Å². The third kappa shape index (κ3) is 2.49. The van der Waals surface area contributed by atoms with Crippen molar-refractivity contribution in [1.29, 1.82) is 0 Å². The van der Waals surface area contributed by atoms with Gasteiger partial charge in [-0.2, -0.15) is 0 Å². The van der Waals surface area contributed by atoms with Crippen LogP contribution in [0.15, 0.2) is 18.2 Å². The van der Waals surface area contributed by atoms with E-state index in [-0.39, 0.29) is 11.7 Å². The molecule has 0 saturated heterocycles. The Morgan fingerprint density at radius 2 is 2.19 bits per heavy atom. The number of methoxy groups -OCH3 is 1. The molecule has 88 valence electrons. The molecule has 0 aliphatic rings. The fourth-order valence-corrected chi connectivity index (χ4v) is 1.30. The minimum atomic E-state index is -0.616. The zero-order valence-corrected chi connectivity index (χ0v) is 9.53. The van der Waals surface area contributed by atoms with Gasteiger partial charge in [0.25, 0.3) is 0 Å². The highest BCUT2D eigenvalue weighted by atomic mass is 19.1. The van der Waals surface area contributed by atoms with Crippen LogP contribution in [0.2, 0.25) is 0 Å². The van der Waals surface area contributed by atoms with Gasteiger partial charge >= 0.3 is 0 Å². The summed E-state index contributed by atoms with van der Waals surface area (Å²) in [6.07, 6.45) is 0. The number of likely N-dealkylation sites (N-methyl/N-ethyl adjacent to an activating group) is 1. The number of halogens is 1. The highest BCUT2D eigenvalue weighted by Gasteiger charge is 2.16. The number of carbonyl (C=O) groups is 1. The largest absolute Gasteiger partial charge is 0.494 e. The van der Waals surface area contributed by atoms with Crippen LogP contribution in [0.4, 0.5) is 10.1 Å². The molecule has 16 heavy (non-hydrogen) atoms. The number of nitrogens with two attached hydrogens (primary N) is 1. The van der Waals surface area contributed by atoms with E-state index >= 15 is 0 Å². The van der Waals surface area contributed by atoms with E-state index in [0.717, 1.165) is 0 Å². The van der Waals surface area contributed by atoms with Gasteiger partial charge in [-0.3, -0.25) is 4.79 Å². The maximum Gasteiger partial charge on any atom is 0.243 e. The number of hydrogen-bond donors (Lipinski definition) is 1. The lowest BCUT2D eigenvalue weighted by molar-refractivity contribution is -0.119. The second kappa shape index (κ2) is 4.94. The average molecular weight is 226 g/mol. The molecule has 0 heterocycles. The molecule has 2 N–H and O–H groups in total. The summed E-state index contributed by atoms with van der Waals surface area (Å²) < 4.78 is 18.2. The third-order valence-corrected chi connectivity index (χ3v) is 2.24. The molecule has 0 bridgehead atoms. The Morgan fingerprint density at radius 1 is 1.56 bits per heavy atom. The zero-order valence-electron chi connectivity index (χ0n) is 9.53. The predicted molar refractivity (Wildman–Crippen MR) is 60.0 cm³/mol. The lowest BCUT2D eigenvalue weighted by atomic mass is 10.2. The van der Waals surface area contributed by atoms with Crippen molar-refractivity contribution in [3.8, 4) is 5.75 Å². The molecule has 5 heteroatoms. The number of hydrogen-bond acceptors (Lipinski definition) is 3. The Hall–Kier alpha value is -1.62. The van der Waals surface area contributed by atoms with Crippen molar-refractivity contribution in [1.82, 2.24) is 0 Å². The SMILES string of the molecule is COc1ccc(N(C)C(=O)[C@@H](C)N)cc1F. The number of carbonyl (C=O) groups excluding carboxylic acids is 1. The van der Waals surface area contributed by atoms with E-state index < -0.39 is 11.9 Å². The van der Waals surface area contributed by atoms with Crippen LogP contribution in [0.1, 0.15) is 6.92 Å². The molecule has 0 fully saturated rings. The maximum atomic E-state index is 13.4. The van der Waals surface area contributed by atoms with Crippen LogP contribution in [0, 0.1) is 5.82 Å². The first-order valence-electron chi connectivity index (χ1n) is 4.84. The minimum absolute atomic E-state index is 0.144. The lowest BCUT2D eigenvalue weighted by Gasteiger charge is -2.19. The molecular weight excluding hydrogens is 211 g/mol. The fraction of sp³-hybridized carbons (Fsp3) is 0.364. The zero-order chi connectivity index (χ0) is 12.3. The summed E-state index contributed by atoms with van der Waals surface area (Å²) in [4.78, 5) is 12.9. The van der Waals surface area contributed by atoms with Crippen molar-refractivity contribution in [2.24, 2.45) is 5.73 Å². The quantitative estimate of drug-likeness (QED) is 0.841. The van der Waals surface area contributed by atoms with Gasteiger partial charge in [0.2, 0.25) is 5.91 Å². The van der Waals surface area contributed by atoms with E-state index in [2.05, 4.69) is 0 Å². The summed E-state index contributed by atoms with van der Waals surface area (Å²) in [6.45, 7) is 1.58. The molecule has 0 spiro atoms. The second-order valence-corrected chi connectivity index (χ2v) is 3.50.